The Bertz CT molecular complexity index is 810. The largest absolute Gasteiger partial charge is 0.354 e. The molecule has 1 aromatic rings. The van der Waals surface area contributed by atoms with Gasteiger partial charge < -0.3 is 15.5 Å². The first-order valence-corrected chi connectivity index (χ1v) is 16.9. The third kappa shape index (κ3) is 19.4. The smallest absolute Gasteiger partial charge is 0.266 e. The van der Waals surface area contributed by atoms with E-state index in [-0.39, 0.29) is 12.3 Å². The van der Waals surface area contributed by atoms with Gasteiger partial charge in [-0.15, -0.1) is 0 Å². The third-order valence-electron chi connectivity index (χ3n) is 6.78. The van der Waals surface area contributed by atoms with Crippen molar-refractivity contribution < 1.29 is 13.0 Å². The predicted octanol–water partition coefficient (Wildman–Crippen LogP) is 7.08. The highest BCUT2D eigenvalue weighted by Crippen LogP contribution is 2.15. The van der Waals surface area contributed by atoms with Crippen LogP contribution in [0.4, 0.5) is 17.8 Å². The van der Waals surface area contributed by atoms with Gasteiger partial charge in [-0.2, -0.15) is 23.4 Å². The van der Waals surface area contributed by atoms with Crippen LogP contribution < -0.4 is 15.5 Å². The molecule has 0 fully saturated rings. The number of unbranched alkanes of at least 4 members (excludes halogenated alkanes) is 16. The lowest BCUT2D eigenvalue weighted by Gasteiger charge is -2.18. The third-order valence-corrected chi connectivity index (χ3v) is 7.48. The van der Waals surface area contributed by atoms with E-state index < -0.39 is 10.1 Å². The molecule has 3 N–H and O–H groups in total. The van der Waals surface area contributed by atoms with Crippen LogP contribution >= 0.6 is 0 Å². The van der Waals surface area contributed by atoms with Crippen LogP contribution in [0.5, 0.6) is 0 Å². The van der Waals surface area contributed by atoms with Crippen LogP contribution in [0.2, 0.25) is 0 Å². The van der Waals surface area contributed by atoms with Crippen LogP contribution in [0.25, 0.3) is 0 Å². The van der Waals surface area contributed by atoms with E-state index in [2.05, 4.69) is 39.4 Å². The lowest BCUT2D eigenvalue weighted by molar-refractivity contribution is 0.483. The summed E-state index contributed by atoms with van der Waals surface area (Å²) in [6, 6.07) is 0. The summed E-state index contributed by atoms with van der Waals surface area (Å²) in [5, 5.41) is 6.61. The van der Waals surface area contributed by atoms with E-state index in [0.29, 0.717) is 17.8 Å². The van der Waals surface area contributed by atoms with Gasteiger partial charge in [0, 0.05) is 26.7 Å². The molecule has 0 amide bonds. The van der Waals surface area contributed by atoms with Crippen LogP contribution in [0.15, 0.2) is 0 Å². The highest BCUT2D eigenvalue weighted by atomic mass is 32.2. The minimum Gasteiger partial charge on any atom is -0.354 e. The van der Waals surface area contributed by atoms with Crippen LogP contribution in [0, 0.1) is 0 Å². The summed E-state index contributed by atoms with van der Waals surface area (Å²) >= 11 is 0. The van der Waals surface area contributed by atoms with Gasteiger partial charge in [0.15, 0.2) is 0 Å². The van der Waals surface area contributed by atoms with Gasteiger partial charge in [-0.25, -0.2) is 0 Å². The number of nitrogens with one attached hydrogen (secondary N) is 2. The maximum Gasteiger partial charge on any atom is 0.266 e. The van der Waals surface area contributed by atoms with Crippen LogP contribution in [0.1, 0.15) is 129 Å². The number of aromatic nitrogens is 3. The van der Waals surface area contributed by atoms with Crippen LogP contribution in [0.3, 0.4) is 0 Å². The Hall–Kier alpha value is -1.68. The Morgan fingerprint density at radius 1 is 0.632 bits per heavy atom. The Kier molecular flexibility index (Phi) is 20.0. The van der Waals surface area contributed by atoms with Gasteiger partial charge >= 0.3 is 0 Å². The van der Waals surface area contributed by atoms with Gasteiger partial charge in [0.05, 0.1) is 5.75 Å². The molecule has 0 saturated heterocycles. The van der Waals surface area contributed by atoms with Crippen molar-refractivity contribution >= 4 is 28.0 Å². The maximum atomic E-state index is 11.2. The molecule has 222 valence electrons. The lowest BCUT2D eigenvalue weighted by atomic mass is 10.1. The van der Waals surface area contributed by atoms with Gasteiger partial charge in [-0.05, 0) is 12.8 Å². The van der Waals surface area contributed by atoms with E-state index in [1.165, 1.54) is 103 Å². The molecule has 0 atom stereocenters. The average Bonchev–Trinajstić information content (AvgIpc) is 2.89. The molecule has 38 heavy (non-hydrogen) atoms. The Morgan fingerprint density at radius 2 is 1.00 bits per heavy atom. The quantitative estimate of drug-likeness (QED) is 0.0811. The minimum absolute atomic E-state index is 0.0951. The van der Waals surface area contributed by atoms with E-state index in [9.17, 15) is 8.42 Å². The normalized spacial score (nSPS) is 11.6. The highest BCUT2D eigenvalue weighted by Gasteiger charge is 2.13. The lowest BCUT2D eigenvalue weighted by Crippen LogP contribution is -2.27. The average molecular weight is 557 g/mol. The summed E-state index contributed by atoms with van der Waals surface area (Å²) in [6.45, 7) is 6.14. The zero-order valence-electron chi connectivity index (χ0n) is 24.5. The fraction of sp³-hybridized carbons (Fsp3) is 0.893. The molecule has 0 spiro atoms. The first-order chi connectivity index (χ1) is 18.4. The van der Waals surface area contributed by atoms with Crippen LogP contribution in [-0.4, -0.2) is 60.4 Å². The topological polar surface area (TPSA) is 120 Å². The molecule has 1 aromatic heterocycles. The van der Waals surface area contributed by atoms with Crippen molar-refractivity contribution in [2.24, 2.45) is 0 Å². The molecule has 10 heteroatoms. The number of hydrogen-bond acceptors (Lipinski definition) is 8. The molecule has 0 bridgehead atoms. The zero-order valence-corrected chi connectivity index (χ0v) is 25.3. The molecule has 0 unspecified atom stereocenters. The monoisotopic (exact) mass is 556 g/mol. The van der Waals surface area contributed by atoms with Crippen molar-refractivity contribution in [2.75, 3.05) is 48.0 Å². The van der Waals surface area contributed by atoms with E-state index >= 15 is 0 Å². The molecule has 9 nitrogen and oxygen atoms in total. The number of anilines is 3. The summed E-state index contributed by atoms with van der Waals surface area (Å²) in [4.78, 5) is 15.1. The van der Waals surface area contributed by atoms with Crippen molar-refractivity contribution in [3.63, 3.8) is 0 Å². The minimum atomic E-state index is -4.05. The summed E-state index contributed by atoms with van der Waals surface area (Å²) in [5.41, 5.74) is 0. The van der Waals surface area contributed by atoms with E-state index in [1.807, 2.05) is 0 Å². The number of hydrogen-bond donors (Lipinski definition) is 3. The zero-order chi connectivity index (χ0) is 27.9. The second-order valence-electron chi connectivity index (χ2n) is 10.5. The Balaban J connectivity index is 2.42. The molecule has 0 aromatic carbocycles. The highest BCUT2D eigenvalue weighted by molar-refractivity contribution is 7.85. The van der Waals surface area contributed by atoms with E-state index in [1.54, 1.807) is 11.9 Å². The van der Waals surface area contributed by atoms with E-state index in [0.717, 1.165) is 25.9 Å². The van der Waals surface area contributed by atoms with Crippen molar-refractivity contribution in [3.05, 3.63) is 0 Å². The molecular weight excluding hydrogens is 500 g/mol. The molecule has 1 heterocycles. The summed E-state index contributed by atoms with van der Waals surface area (Å²) in [7, 11) is -2.34. The van der Waals surface area contributed by atoms with Crippen molar-refractivity contribution in [3.8, 4) is 0 Å². The predicted molar refractivity (Wildman–Crippen MR) is 161 cm³/mol. The standard InChI is InChI=1S/C28H56N6O3S/c1-4-6-8-10-12-13-14-15-16-17-19-21-23-30-27-31-26(29-22-20-18-11-9-7-5-2)32-28(33-27)34(3)24-25-38(35,36)37/h4-25H2,1-3H3,(H,35,36,37)(H2,29,30,31,32,33). The summed E-state index contributed by atoms with van der Waals surface area (Å²) in [5.74, 6) is 0.977. The van der Waals surface area contributed by atoms with Gasteiger partial charge in [0.1, 0.15) is 0 Å². The molecule has 1 rings (SSSR count). The van der Waals surface area contributed by atoms with Gasteiger partial charge in [0.2, 0.25) is 17.8 Å². The Labute approximate surface area is 233 Å². The van der Waals surface area contributed by atoms with Crippen molar-refractivity contribution in [1.82, 2.24) is 15.0 Å². The Morgan fingerprint density at radius 3 is 1.37 bits per heavy atom. The fourth-order valence-corrected chi connectivity index (χ4v) is 4.82. The molecular formula is C28H56N6O3S. The summed E-state index contributed by atoms with van der Waals surface area (Å²) in [6.07, 6.45) is 23.0. The van der Waals surface area contributed by atoms with Gasteiger partial charge in [-0.3, -0.25) is 4.55 Å². The van der Waals surface area contributed by atoms with E-state index in [4.69, 9.17) is 4.55 Å². The molecule has 0 aliphatic carbocycles. The first-order valence-electron chi connectivity index (χ1n) is 15.3. The molecule has 0 saturated carbocycles. The van der Waals surface area contributed by atoms with Gasteiger partial charge in [-0.1, -0.05) is 117 Å². The second kappa shape index (κ2) is 22.2. The molecule has 0 aliphatic heterocycles. The van der Waals surface area contributed by atoms with Crippen molar-refractivity contribution in [1.29, 1.82) is 0 Å². The van der Waals surface area contributed by atoms with Gasteiger partial charge in [0.25, 0.3) is 10.1 Å². The SMILES string of the molecule is CCCCCCCCCCCCCCNc1nc(NCCCCCCCC)nc(N(C)CCS(=O)(=O)O)n1. The number of rotatable bonds is 26. The molecule has 0 aliphatic rings. The number of nitrogens with zero attached hydrogens (tertiary/aromatic N) is 4. The molecule has 0 radical (unpaired) electrons. The van der Waals surface area contributed by atoms with Crippen molar-refractivity contribution in [2.45, 2.75) is 129 Å². The summed E-state index contributed by atoms with van der Waals surface area (Å²) < 4.78 is 31.4. The maximum absolute atomic E-state index is 11.2. The van der Waals surface area contributed by atoms with Crippen LogP contribution in [-0.2, 0) is 10.1 Å². The fourth-order valence-electron chi connectivity index (χ4n) is 4.32. The first kappa shape index (κ1) is 34.3. The second-order valence-corrected chi connectivity index (χ2v) is 12.1.